The van der Waals surface area contributed by atoms with Crippen LogP contribution >= 0.6 is 0 Å². The van der Waals surface area contributed by atoms with E-state index in [-0.39, 0.29) is 6.54 Å². The lowest BCUT2D eigenvalue weighted by atomic mass is 10.1. The van der Waals surface area contributed by atoms with E-state index in [1.54, 1.807) is 0 Å². The van der Waals surface area contributed by atoms with E-state index < -0.39 is 42.5 Å². The van der Waals surface area contributed by atoms with Crippen LogP contribution in [0.5, 0.6) is 0 Å². The first kappa shape index (κ1) is 22.0. The lowest BCUT2D eigenvalue weighted by Gasteiger charge is -2.22. The zero-order valence-electron chi connectivity index (χ0n) is 13.8. The molecule has 0 radical (unpaired) electrons. The van der Waals surface area contributed by atoms with Gasteiger partial charge in [0.25, 0.3) is 0 Å². The van der Waals surface area contributed by atoms with E-state index in [2.05, 4.69) is 16.0 Å². The molecule has 24 heavy (non-hydrogen) atoms. The summed E-state index contributed by atoms with van der Waals surface area (Å²) in [5.41, 5.74) is 10.6. The maximum atomic E-state index is 12.2. The van der Waals surface area contributed by atoms with Crippen LogP contribution in [0.3, 0.4) is 0 Å². The van der Waals surface area contributed by atoms with E-state index >= 15 is 0 Å². The van der Waals surface area contributed by atoms with Crippen molar-refractivity contribution >= 4 is 24.0 Å². The van der Waals surface area contributed by atoms with Gasteiger partial charge in [0.2, 0.25) is 17.7 Å². The maximum absolute atomic E-state index is 12.2. The Bertz CT molecular complexity index is 432. The number of aliphatic hydroxyl groups is 1. The Kier molecular flexibility index (Phi) is 11.3. The van der Waals surface area contributed by atoms with E-state index in [0.29, 0.717) is 32.1 Å². The van der Waals surface area contributed by atoms with Gasteiger partial charge in [0.1, 0.15) is 24.4 Å². The summed E-state index contributed by atoms with van der Waals surface area (Å²) in [6.07, 6.45) is 1.96. The molecular formula is C14H27N5O5. The third kappa shape index (κ3) is 8.56. The molecule has 8 N–H and O–H groups in total. The SMILES string of the molecule is C[C@H](NC(=O)CN)C(=O)N[C@@H](CCCCN)C(=O)N[C@H](C=O)CO. The fourth-order valence-corrected chi connectivity index (χ4v) is 1.83. The van der Waals surface area contributed by atoms with Crippen LogP contribution in [0.2, 0.25) is 0 Å². The van der Waals surface area contributed by atoms with Crippen LogP contribution in [0.15, 0.2) is 0 Å². The number of hydrogen-bond donors (Lipinski definition) is 6. The Morgan fingerprint density at radius 3 is 2.25 bits per heavy atom. The van der Waals surface area contributed by atoms with Crippen molar-refractivity contribution < 1.29 is 24.3 Å². The Morgan fingerprint density at radius 1 is 1.08 bits per heavy atom. The van der Waals surface area contributed by atoms with Gasteiger partial charge in [-0.1, -0.05) is 0 Å². The summed E-state index contributed by atoms with van der Waals surface area (Å²) in [7, 11) is 0. The number of aldehydes is 1. The van der Waals surface area contributed by atoms with Gasteiger partial charge in [0, 0.05) is 0 Å². The number of carbonyl (C=O) groups is 4. The van der Waals surface area contributed by atoms with E-state index in [9.17, 15) is 19.2 Å². The van der Waals surface area contributed by atoms with Gasteiger partial charge >= 0.3 is 0 Å². The first-order valence-electron chi connectivity index (χ1n) is 7.75. The van der Waals surface area contributed by atoms with Crippen LogP contribution in [0, 0.1) is 0 Å². The van der Waals surface area contributed by atoms with E-state index in [1.807, 2.05) is 0 Å². The summed E-state index contributed by atoms with van der Waals surface area (Å²) in [5.74, 6) is -1.65. The van der Waals surface area contributed by atoms with Crippen molar-refractivity contribution in [3.8, 4) is 0 Å². The zero-order chi connectivity index (χ0) is 18.5. The average Bonchev–Trinajstić information content (AvgIpc) is 2.58. The van der Waals surface area contributed by atoms with Crippen molar-refractivity contribution in [1.82, 2.24) is 16.0 Å². The molecule has 10 heteroatoms. The Balaban J connectivity index is 4.79. The van der Waals surface area contributed by atoms with Crippen molar-refractivity contribution in [1.29, 1.82) is 0 Å². The number of aliphatic hydroxyl groups excluding tert-OH is 1. The molecule has 0 bridgehead atoms. The first-order valence-corrected chi connectivity index (χ1v) is 7.75. The van der Waals surface area contributed by atoms with Crippen LogP contribution in [0.4, 0.5) is 0 Å². The zero-order valence-corrected chi connectivity index (χ0v) is 13.8. The van der Waals surface area contributed by atoms with E-state index in [4.69, 9.17) is 16.6 Å². The molecule has 0 fully saturated rings. The molecule has 0 unspecified atom stereocenters. The largest absolute Gasteiger partial charge is 0.394 e. The van der Waals surface area contributed by atoms with Crippen LogP contribution in [0.1, 0.15) is 26.2 Å². The van der Waals surface area contributed by atoms with E-state index in [1.165, 1.54) is 6.92 Å². The molecule has 10 nitrogen and oxygen atoms in total. The third-order valence-corrected chi connectivity index (χ3v) is 3.22. The molecule has 0 saturated heterocycles. The minimum absolute atomic E-state index is 0.254. The molecule has 3 amide bonds. The minimum Gasteiger partial charge on any atom is -0.394 e. The van der Waals surface area contributed by atoms with Gasteiger partial charge in [-0.05, 0) is 32.7 Å². The normalized spacial score (nSPS) is 14.2. The van der Waals surface area contributed by atoms with Gasteiger partial charge in [-0.2, -0.15) is 0 Å². The number of carbonyl (C=O) groups excluding carboxylic acids is 4. The fraction of sp³-hybridized carbons (Fsp3) is 0.714. The Labute approximate surface area is 140 Å². The average molecular weight is 345 g/mol. The molecule has 0 rings (SSSR count). The van der Waals surface area contributed by atoms with Crippen molar-refractivity contribution in [2.24, 2.45) is 11.5 Å². The standard InChI is InChI=1S/C14H27N5O5/c1-9(17-12(22)6-16)13(23)19-11(4-2-3-5-15)14(24)18-10(7-20)8-21/h7,9-11,21H,2-6,8,15-16H2,1H3,(H,17,22)(H,18,24)(H,19,23)/t9-,10+,11-/m0/s1. The van der Waals surface area contributed by atoms with Gasteiger partial charge in [-0.25, -0.2) is 0 Å². The summed E-state index contributed by atoms with van der Waals surface area (Å²) in [5, 5.41) is 16.2. The Morgan fingerprint density at radius 2 is 1.75 bits per heavy atom. The summed E-state index contributed by atoms with van der Waals surface area (Å²) in [6, 6.07) is -2.82. The minimum atomic E-state index is -1.04. The monoisotopic (exact) mass is 345 g/mol. The van der Waals surface area contributed by atoms with E-state index in [0.717, 1.165) is 0 Å². The van der Waals surface area contributed by atoms with Gasteiger partial charge in [-0.15, -0.1) is 0 Å². The first-order chi connectivity index (χ1) is 11.4. The maximum Gasteiger partial charge on any atom is 0.243 e. The molecule has 0 aliphatic rings. The van der Waals surface area contributed by atoms with Gasteiger partial charge < -0.3 is 37.3 Å². The molecule has 3 atom stereocenters. The van der Waals surface area contributed by atoms with Crippen LogP contribution < -0.4 is 27.4 Å². The van der Waals surface area contributed by atoms with Gasteiger partial charge in [0.05, 0.1) is 13.2 Å². The van der Waals surface area contributed by atoms with Gasteiger partial charge in [0.15, 0.2) is 0 Å². The second-order valence-corrected chi connectivity index (χ2v) is 5.27. The number of rotatable bonds is 12. The molecule has 138 valence electrons. The lowest BCUT2D eigenvalue weighted by Crippen LogP contribution is -2.55. The summed E-state index contributed by atoms with van der Waals surface area (Å²) in [4.78, 5) is 46.2. The quantitative estimate of drug-likeness (QED) is 0.159. The molecule has 0 spiro atoms. The van der Waals surface area contributed by atoms with Crippen molar-refractivity contribution in [2.75, 3.05) is 19.7 Å². The summed E-state index contributed by atoms with van der Waals surface area (Å²) in [6.45, 7) is 1.11. The third-order valence-electron chi connectivity index (χ3n) is 3.22. The highest BCUT2D eigenvalue weighted by Gasteiger charge is 2.25. The molecule has 0 aromatic rings. The smallest absolute Gasteiger partial charge is 0.243 e. The summed E-state index contributed by atoms with van der Waals surface area (Å²) < 4.78 is 0. The van der Waals surface area contributed by atoms with Crippen LogP contribution in [-0.2, 0) is 19.2 Å². The number of hydrogen-bond acceptors (Lipinski definition) is 7. The highest BCUT2D eigenvalue weighted by atomic mass is 16.3. The van der Waals surface area contributed by atoms with Gasteiger partial charge in [-0.3, -0.25) is 14.4 Å². The van der Waals surface area contributed by atoms with Crippen molar-refractivity contribution in [2.45, 2.75) is 44.3 Å². The number of amides is 3. The highest BCUT2D eigenvalue weighted by molar-refractivity contribution is 5.92. The Hall–Kier alpha value is -2.04. The van der Waals surface area contributed by atoms with Crippen molar-refractivity contribution in [3.05, 3.63) is 0 Å². The predicted octanol–water partition coefficient (Wildman–Crippen LogP) is -3.26. The van der Waals surface area contributed by atoms with Crippen LogP contribution in [-0.4, -0.2) is 66.9 Å². The second kappa shape index (κ2) is 12.4. The molecule has 0 saturated carbocycles. The lowest BCUT2D eigenvalue weighted by molar-refractivity contribution is -0.132. The summed E-state index contributed by atoms with van der Waals surface area (Å²) >= 11 is 0. The predicted molar refractivity (Wildman–Crippen MR) is 86.6 cm³/mol. The topological polar surface area (TPSA) is 177 Å². The fourth-order valence-electron chi connectivity index (χ4n) is 1.83. The molecule has 0 heterocycles. The molecule has 0 aromatic carbocycles. The second-order valence-electron chi connectivity index (χ2n) is 5.27. The highest BCUT2D eigenvalue weighted by Crippen LogP contribution is 2.02. The molecular weight excluding hydrogens is 318 g/mol. The van der Waals surface area contributed by atoms with Crippen molar-refractivity contribution in [3.63, 3.8) is 0 Å². The number of nitrogens with two attached hydrogens (primary N) is 2. The number of unbranched alkanes of at least 4 members (excludes halogenated alkanes) is 1. The number of nitrogens with one attached hydrogen (secondary N) is 3. The molecule has 0 aliphatic carbocycles. The van der Waals surface area contributed by atoms with Crippen LogP contribution in [0.25, 0.3) is 0 Å². The molecule has 0 aliphatic heterocycles. The molecule has 0 aromatic heterocycles.